The fourth-order valence-corrected chi connectivity index (χ4v) is 1.68. The molecule has 3 atom stereocenters. The lowest BCUT2D eigenvalue weighted by molar-refractivity contribution is -0.0808. The summed E-state index contributed by atoms with van der Waals surface area (Å²) in [5.41, 5.74) is 0. The number of hydrogen-bond acceptors (Lipinski definition) is 4. The number of unbranched alkanes of at least 4 members (excludes halogenated alkanes) is 2. The Morgan fingerprint density at radius 2 is 1.38 bits per heavy atom. The van der Waals surface area contributed by atoms with E-state index < -0.39 is 18.5 Å². The van der Waals surface area contributed by atoms with Crippen LogP contribution in [-0.4, -0.2) is 38.9 Å². The van der Waals surface area contributed by atoms with Gasteiger partial charge in [-0.1, -0.05) is 26.2 Å². The van der Waals surface area contributed by atoms with Crippen LogP contribution in [0.25, 0.3) is 0 Å². The van der Waals surface area contributed by atoms with Crippen LogP contribution in [0, 0.1) is 5.92 Å². The van der Waals surface area contributed by atoms with Crippen LogP contribution in [0.2, 0.25) is 0 Å². The molecule has 0 spiro atoms. The van der Waals surface area contributed by atoms with Crippen LogP contribution in [0.3, 0.4) is 0 Å². The van der Waals surface area contributed by atoms with Crippen molar-refractivity contribution in [2.45, 2.75) is 70.9 Å². The Hall–Kier alpha value is -0.160. The molecule has 0 aliphatic carbocycles. The van der Waals surface area contributed by atoms with Crippen LogP contribution in [0.15, 0.2) is 0 Å². The summed E-state index contributed by atoms with van der Waals surface area (Å²) >= 11 is 0. The van der Waals surface area contributed by atoms with E-state index in [9.17, 15) is 5.11 Å². The van der Waals surface area contributed by atoms with E-state index >= 15 is 0 Å². The fourth-order valence-electron chi connectivity index (χ4n) is 1.68. The summed E-state index contributed by atoms with van der Waals surface area (Å²) in [6.45, 7) is 3.49. The molecule has 0 saturated heterocycles. The number of hydrogen-bond donors (Lipinski definition) is 4. The monoisotopic (exact) mass is 234 g/mol. The molecule has 0 aromatic rings. The summed E-state index contributed by atoms with van der Waals surface area (Å²) < 4.78 is 0. The van der Waals surface area contributed by atoms with Gasteiger partial charge in [-0.15, -0.1) is 0 Å². The summed E-state index contributed by atoms with van der Waals surface area (Å²) in [7, 11) is 0. The van der Waals surface area contributed by atoms with E-state index in [1.54, 1.807) is 6.92 Å². The van der Waals surface area contributed by atoms with Gasteiger partial charge in [-0.2, -0.15) is 0 Å². The molecule has 4 nitrogen and oxygen atoms in total. The van der Waals surface area contributed by atoms with Crippen LogP contribution in [0.4, 0.5) is 0 Å². The van der Waals surface area contributed by atoms with Gasteiger partial charge >= 0.3 is 0 Å². The van der Waals surface area contributed by atoms with Gasteiger partial charge in [0.05, 0.1) is 12.2 Å². The second kappa shape index (κ2) is 8.93. The van der Waals surface area contributed by atoms with E-state index in [1.165, 1.54) is 0 Å². The third kappa shape index (κ3) is 9.09. The van der Waals surface area contributed by atoms with Crippen LogP contribution in [0.5, 0.6) is 0 Å². The second-order valence-electron chi connectivity index (χ2n) is 4.77. The predicted octanol–water partition coefficient (Wildman–Crippen LogP) is 1.02. The standard InChI is InChI=1S/C12H26O4/c1-9(12(15)16)6-4-3-5-7-11(14)8-10(2)13/h9-16H,3-8H2,1-2H3. The van der Waals surface area contributed by atoms with E-state index in [1.807, 2.05) is 6.92 Å². The van der Waals surface area contributed by atoms with Crippen molar-refractivity contribution in [3.8, 4) is 0 Å². The SMILES string of the molecule is CC(O)CC(O)CCCCCC(C)C(O)O. The fraction of sp³-hybridized carbons (Fsp3) is 1.00. The molecule has 0 rings (SSSR count). The van der Waals surface area contributed by atoms with Crippen LogP contribution in [0.1, 0.15) is 52.4 Å². The summed E-state index contributed by atoms with van der Waals surface area (Å²) in [4.78, 5) is 0. The molecule has 4 heteroatoms. The molecule has 0 aromatic heterocycles. The minimum absolute atomic E-state index is 0.0811. The minimum Gasteiger partial charge on any atom is -0.393 e. The molecule has 0 bridgehead atoms. The Morgan fingerprint density at radius 3 is 1.88 bits per heavy atom. The summed E-state index contributed by atoms with van der Waals surface area (Å²) in [6, 6.07) is 0. The number of aliphatic hydroxyl groups is 4. The topological polar surface area (TPSA) is 80.9 Å². The zero-order valence-corrected chi connectivity index (χ0v) is 10.3. The van der Waals surface area contributed by atoms with Gasteiger partial charge in [0.1, 0.15) is 0 Å². The van der Waals surface area contributed by atoms with Gasteiger partial charge in [0.15, 0.2) is 6.29 Å². The lowest BCUT2D eigenvalue weighted by Gasteiger charge is -2.14. The molecule has 0 aliphatic heterocycles. The van der Waals surface area contributed by atoms with E-state index in [2.05, 4.69) is 0 Å². The van der Waals surface area contributed by atoms with E-state index in [0.717, 1.165) is 25.7 Å². The predicted molar refractivity (Wildman–Crippen MR) is 62.8 cm³/mol. The molecular formula is C12H26O4. The Kier molecular flexibility index (Phi) is 8.84. The zero-order chi connectivity index (χ0) is 12.6. The van der Waals surface area contributed by atoms with Gasteiger partial charge in [-0.25, -0.2) is 0 Å². The molecule has 16 heavy (non-hydrogen) atoms. The highest BCUT2D eigenvalue weighted by atomic mass is 16.5. The van der Waals surface area contributed by atoms with Crippen LogP contribution in [-0.2, 0) is 0 Å². The Bertz CT molecular complexity index is 159. The molecule has 0 aromatic carbocycles. The van der Waals surface area contributed by atoms with Crippen molar-refractivity contribution in [3.05, 3.63) is 0 Å². The molecule has 0 heterocycles. The maximum Gasteiger partial charge on any atom is 0.154 e. The zero-order valence-electron chi connectivity index (χ0n) is 10.3. The summed E-state index contributed by atoms with van der Waals surface area (Å²) in [5, 5.41) is 36.2. The number of aliphatic hydroxyl groups excluding tert-OH is 3. The molecule has 0 amide bonds. The third-order valence-corrected chi connectivity index (χ3v) is 2.82. The van der Waals surface area contributed by atoms with Crippen molar-refractivity contribution in [2.24, 2.45) is 5.92 Å². The first-order chi connectivity index (χ1) is 7.43. The van der Waals surface area contributed by atoms with Crippen molar-refractivity contribution < 1.29 is 20.4 Å². The molecule has 3 unspecified atom stereocenters. The first kappa shape index (κ1) is 15.8. The maximum absolute atomic E-state index is 9.48. The smallest absolute Gasteiger partial charge is 0.154 e. The van der Waals surface area contributed by atoms with Gasteiger partial charge < -0.3 is 20.4 Å². The van der Waals surface area contributed by atoms with Crippen molar-refractivity contribution in [1.29, 1.82) is 0 Å². The molecule has 98 valence electrons. The van der Waals surface area contributed by atoms with Crippen molar-refractivity contribution in [2.75, 3.05) is 0 Å². The van der Waals surface area contributed by atoms with Crippen molar-refractivity contribution in [3.63, 3.8) is 0 Å². The average molecular weight is 234 g/mol. The molecule has 0 radical (unpaired) electrons. The Morgan fingerprint density at radius 1 is 0.812 bits per heavy atom. The van der Waals surface area contributed by atoms with Crippen LogP contribution < -0.4 is 0 Å². The highest BCUT2D eigenvalue weighted by Gasteiger charge is 2.10. The summed E-state index contributed by atoms with van der Waals surface area (Å²) in [5.74, 6) is -0.0811. The lowest BCUT2D eigenvalue weighted by Crippen LogP contribution is -2.16. The molecule has 0 aliphatic rings. The highest BCUT2D eigenvalue weighted by Crippen LogP contribution is 2.14. The summed E-state index contributed by atoms with van der Waals surface area (Å²) in [6.07, 6.45) is 2.70. The molecular weight excluding hydrogens is 208 g/mol. The Balaban J connectivity index is 3.33. The largest absolute Gasteiger partial charge is 0.393 e. The minimum atomic E-state index is -1.22. The second-order valence-corrected chi connectivity index (χ2v) is 4.77. The third-order valence-electron chi connectivity index (χ3n) is 2.82. The molecule has 0 saturated carbocycles. The lowest BCUT2D eigenvalue weighted by atomic mass is 10.0. The van der Waals surface area contributed by atoms with Gasteiger partial charge in [-0.3, -0.25) is 0 Å². The van der Waals surface area contributed by atoms with Gasteiger partial charge in [-0.05, 0) is 26.2 Å². The van der Waals surface area contributed by atoms with E-state index in [0.29, 0.717) is 12.8 Å². The van der Waals surface area contributed by atoms with Crippen molar-refractivity contribution >= 4 is 0 Å². The first-order valence-electron chi connectivity index (χ1n) is 6.15. The van der Waals surface area contributed by atoms with Gasteiger partial charge in [0.25, 0.3) is 0 Å². The van der Waals surface area contributed by atoms with Gasteiger partial charge in [0, 0.05) is 5.92 Å². The average Bonchev–Trinajstić information content (AvgIpc) is 2.15. The molecule has 4 N–H and O–H groups in total. The van der Waals surface area contributed by atoms with E-state index in [-0.39, 0.29) is 5.92 Å². The number of rotatable bonds is 9. The highest BCUT2D eigenvalue weighted by molar-refractivity contribution is 4.61. The quantitative estimate of drug-likeness (QED) is 0.354. The molecule has 0 fully saturated rings. The van der Waals surface area contributed by atoms with E-state index in [4.69, 9.17) is 15.3 Å². The van der Waals surface area contributed by atoms with Crippen molar-refractivity contribution in [1.82, 2.24) is 0 Å². The Labute approximate surface area is 97.9 Å². The van der Waals surface area contributed by atoms with Gasteiger partial charge in [0.2, 0.25) is 0 Å². The maximum atomic E-state index is 9.48. The van der Waals surface area contributed by atoms with Crippen LogP contribution >= 0.6 is 0 Å². The normalized spacial score (nSPS) is 17.4. The first-order valence-corrected chi connectivity index (χ1v) is 6.15.